The molecule has 110 valence electrons. The van der Waals surface area contributed by atoms with Gasteiger partial charge in [0.2, 0.25) is 5.91 Å². The molecule has 19 heavy (non-hydrogen) atoms. The summed E-state index contributed by atoms with van der Waals surface area (Å²) in [6.45, 7) is 8.10. The lowest BCUT2D eigenvalue weighted by molar-refractivity contribution is -0.119. The van der Waals surface area contributed by atoms with Crippen molar-refractivity contribution in [1.29, 1.82) is 0 Å². The second-order valence-corrected chi connectivity index (χ2v) is 4.73. The molecular formula is C13H26N4O2. The van der Waals surface area contributed by atoms with E-state index in [0.29, 0.717) is 12.5 Å². The highest BCUT2D eigenvalue weighted by Crippen LogP contribution is 2.13. The van der Waals surface area contributed by atoms with Gasteiger partial charge in [0, 0.05) is 39.2 Å². The first-order valence-electron chi connectivity index (χ1n) is 7.01. The SMILES string of the molecule is CCNC(=O)CN=C(NCC)N(C)CC1CCOC1. The Balaban J connectivity index is 2.48. The third-order valence-corrected chi connectivity index (χ3v) is 3.00. The van der Waals surface area contributed by atoms with Crippen molar-refractivity contribution >= 4 is 11.9 Å². The number of amides is 1. The van der Waals surface area contributed by atoms with Crippen molar-refractivity contribution in [2.24, 2.45) is 10.9 Å². The molecule has 1 aliphatic rings. The van der Waals surface area contributed by atoms with Gasteiger partial charge in [-0.1, -0.05) is 0 Å². The zero-order valence-electron chi connectivity index (χ0n) is 12.2. The average Bonchev–Trinajstić information content (AvgIpc) is 2.87. The molecule has 0 aliphatic carbocycles. The van der Waals surface area contributed by atoms with Gasteiger partial charge in [-0.25, -0.2) is 4.99 Å². The van der Waals surface area contributed by atoms with E-state index in [9.17, 15) is 4.79 Å². The molecule has 1 aliphatic heterocycles. The molecule has 0 bridgehead atoms. The van der Waals surface area contributed by atoms with Crippen LogP contribution in [0.15, 0.2) is 4.99 Å². The Labute approximate surface area is 115 Å². The van der Waals surface area contributed by atoms with Crippen molar-refractivity contribution in [2.45, 2.75) is 20.3 Å². The van der Waals surface area contributed by atoms with Gasteiger partial charge in [0.1, 0.15) is 6.54 Å². The summed E-state index contributed by atoms with van der Waals surface area (Å²) in [4.78, 5) is 17.9. The van der Waals surface area contributed by atoms with Crippen LogP contribution in [0.3, 0.4) is 0 Å². The van der Waals surface area contributed by atoms with Crippen LogP contribution in [-0.4, -0.2) is 63.2 Å². The summed E-state index contributed by atoms with van der Waals surface area (Å²) in [5.74, 6) is 1.29. The van der Waals surface area contributed by atoms with Gasteiger partial charge in [-0.15, -0.1) is 0 Å². The fourth-order valence-electron chi connectivity index (χ4n) is 2.07. The maximum atomic E-state index is 11.4. The number of hydrogen-bond donors (Lipinski definition) is 2. The normalized spacial score (nSPS) is 19.3. The standard InChI is InChI=1S/C13H26N4O2/c1-4-14-12(18)8-16-13(15-5-2)17(3)9-11-6-7-19-10-11/h11H,4-10H2,1-3H3,(H,14,18)(H,15,16). The monoisotopic (exact) mass is 270 g/mol. The van der Waals surface area contributed by atoms with E-state index >= 15 is 0 Å². The summed E-state index contributed by atoms with van der Waals surface area (Å²) < 4.78 is 5.38. The number of rotatable bonds is 6. The van der Waals surface area contributed by atoms with E-state index in [1.165, 1.54) is 0 Å². The van der Waals surface area contributed by atoms with E-state index in [4.69, 9.17) is 4.74 Å². The van der Waals surface area contributed by atoms with Gasteiger partial charge in [-0.3, -0.25) is 4.79 Å². The molecule has 1 saturated heterocycles. The quantitative estimate of drug-likeness (QED) is 0.529. The van der Waals surface area contributed by atoms with Gasteiger partial charge in [-0.2, -0.15) is 0 Å². The van der Waals surface area contributed by atoms with Crippen LogP contribution in [0.5, 0.6) is 0 Å². The highest BCUT2D eigenvalue weighted by molar-refractivity contribution is 5.84. The molecule has 0 aromatic heterocycles. The Morgan fingerprint density at radius 3 is 2.68 bits per heavy atom. The number of carbonyl (C=O) groups is 1. The molecule has 2 N–H and O–H groups in total. The Hall–Kier alpha value is -1.30. The van der Waals surface area contributed by atoms with E-state index in [1.807, 2.05) is 20.9 Å². The lowest BCUT2D eigenvalue weighted by Gasteiger charge is -2.24. The van der Waals surface area contributed by atoms with E-state index < -0.39 is 0 Å². The first kappa shape index (κ1) is 15.8. The summed E-state index contributed by atoms with van der Waals surface area (Å²) in [6, 6.07) is 0. The minimum absolute atomic E-state index is 0.0458. The average molecular weight is 270 g/mol. The highest BCUT2D eigenvalue weighted by atomic mass is 16.5. The highest BCUT2D eigenvalue weighted by Gasteiger charge is 2.19. The molecule has 1 atom stereocenters. The summed E-state index contributed by atoms with van der Waals surface area (Å²) in [7, 11) is 2.00. The number of guanidine groups is 1. The second kappa shape index (κ2) is 8.74. The van der Waals surface area contributed by atoms with Crippen LogP contribution in [0.2, 0.25) is 0 Å². The molecule has 1 rings (SSSR count). The number of nitrogens with one attached hydrogen (secondary N) is 2. The van der Waals surface area contributed by atoms with Crippen LogP contribution < -0.4 is 10.6 Å². The second-order valence-electron chi connectivity index (χ2n) is 4.73. The van der Waals surface area contributed by atoms with Crippen LogP contribution in [0.25, 0.3) is 0 Å². The zero-order valence-corrected chi connectivity index (χ0v) is 12.2. The lowest BCUT2D eigenvalue weighted by Crippen LogP contribution is -2.42. The van der Waals surface area contributed by atoms with Crippen LogP contribution in [-0.2, 0) is 9.53 Å². The molecule has 0 saturated carbocycles. The van der Waals surface area contributed by atoms with Crippen LogP contribution in [0.4, 0.5) is 0 Å². The summed E-state index contributed by atoms with van der Waals surface area (Å²) in [5.41, 5.74) is 0. The topological polar surface area (TPSA) is 66.0 Å². The molecule has 1 heterocycles. The number of carbonyl (C=O) groups excluding carboxylic acids is 1. The Morgan fingerprint density at radius 1 is 1.37 bits per heavy atom. The van der Waals surface area contributed by atoms with E-state index in [0.717, 1.165) is 38.7 Å². The first-order valence-corrected chi connectivity index (χ1v) is 7.01. The number of aliphatic imine (C=N–C) groups is 1. The van der Waals surface area contributed by atoms with Crippen molar-refractivity contribution < 1.29 is 9.53 Å². The Morgan fingerprint density at radius 2 is 2.11 bits per heavy atom. The Kier molecular flexibility index (Phi) is 7.25. The summed E-state index contributed by atoms with van der Waals surface area (Å²) in [6.07, 6.45) is 1.10. The van der Waals surface area contributed by atoms with Crippen molar-refractivity contribution in [3.63, 3.8) is 0 Å². The molecular weight excluding hydrogens is 244 g/mol. The van der Waals surface area contributed by atoms with Gasteiger partial charge in [0.25, 0.3) is 0 Å². The summed E-state index contributed by atoms with van der Waals surface area (Å²) >= 11 is 0. The maximum Gasteiger partial charge on any atom is 0.241 e. The molecule has 0 aromatic carbocycles. The molecule has 0 spiro atoms. The number of hydrogen-bond acceptors (Lipinski definition) is 3. The Bertz CT molecular complexity index is 301. The van der Waals surface area contributed by atoms with Gasteiger partial charge in [-0.05, 0) is 20.3 Å². The maximum absolute atomic E-state index is 11.4. The van der Waals surface area contributed by atoms with E-state index in [1.54, 1.807) is 0 Å². The first-order chi connectivity index (χ1) is 9.17. The van der Waals surface area contributed by atoms with Crippen molar-refractivity contribution in [1.82, 2.24) is 15.5 Å². The third-order valence-electron chi connectivity index (χ3n) is 3.00. The molecule has 6 nitrogen and oxygen atoms in total. The van der Waals surface area contributed by atoms with Crippen molar-refractivity contribution in [3.05, 3.63) is 0 Å². The van der Waals surface area contributed by atoms with Crippen LogP contribution in [0, 0.1) is 5.92 Å². The third kappa shape index (κ3) is 5.92. The van der Waals surface area contributed by atoms with Crippen molar-refractivity contribution in [3.8, 4) is 0 Å². The van der Waals surface area contributed by atoms with E-state index in [2.05, 4.69) is 20.5 Å². The lowest BCUT2D eigenvalue weighted by atomic mass is 10.1. The zero-order chi connectivity index (χ0) is 14.1. The number of ether oxygens (including phenoxy) is 1. The summed E-state index contributed by atoms with van der Waals surface area (Å²) in [5, 5.41) is 5.95. The van der Waals surface area contributed by atoms with Gasteiger partial charge in [0.15, 0.2) is 5.96 Å². The minimum atomic E-state index is -0.0458. The molecule has 0 aromatic rings. The fourth-order valence-corrected chi connectivity index (χ4v) is 2.07. The minimum Gasteiger partial charge on any atom is -0.381 e. The van der Waals surface area contributed by atoms with Gasteiger partial charge in [0.05, 0.1) is 6.61 Å². The van der Waals surface area contributed by atoms with Crippen LogP contribution in [0.1, 0.15) is 20.3 Å². The number of nitrogens with zero attached hydrogens (tertiary/aromatic N) is 2. The molecule has 1 fully saturated rings. The predicted molar refractivity (Wildman–Crippen MR) is 76.2 cm³/mol. The van der Waals surface area contributed by atoms with Gasteiger partial charge >= 0.3 is 0 Å². The molecule has 1 unspecified atom stereocenters. The predicted octanol–water partition coefficient (Wildman–Crippen LogP) is 0.0563. The van der Waals surface area contributed by atoms with Crippen LogP contribution >= 0.6 is 0 Å². The van der Waals surface area contributed by atoms with Crippen molar-refractivity contribution in [2.75, 3.05) is 46.4 Å². The van der Waals surface area contributed by atoms with E-state index in [-0.39, 0.29) is 12.5 Å². The number of likely N-dealkylation sites (N-methyl/N-ethyl adjacent to an activating group) is 1. The molecule has 6 heteroatoms. The van der Waals surface area contributed by atoms with Gasteiger partial charge < -0.3 is 20.3 Å². The largest absolute Gasteiger partial charge is 0.381 e. The molecule has 1 amide bonds. The fraction of sp³-hybridized carbons (Fsp3) is 0.846. The molecule has 0 radical (unpaired) electrons. The smallest absolute Gasteiger partial charge is 0.241 e.